The summed E-state index contributed by atoms with van der Waals surface area (Å²) in [5, 5.41) is 10.6. The average molecular weight is 297 g/mol. The number of hydrogen-bond acceptors (Lipinski definition) is 4. The molecule has 4 rings (SSSR count). The lowest BCUT2D eigenvalue weighted by Crippen LogP contribution is -2.15. The van der Waals surface area contributed by atoms with Crippen LogP contribution in [-0.4, -0.2) is 25.5 Å². The minimum atomic E-state index is -0.449. The summed E-state index contributed by atoms with van der Waals surface area (Å²) in [6, 6.07) is 4.53. The minimum absolute atomic E-state index is 0.296. The Kier molecular flexibility index (Phi) is 2.85. The lowest BCUT2D eigenvalue weighted by atomic mass is 10.1. The highest BCUT2D eigenvalue weighted by molar-refractivity contribution is 6.08. The van der Waals surface area contributed by atoms with Gasteiger partial charge in [-0.15, -0.1) is 10.2 Å². The standard InChI is InChI=1S/C15H12FN5O/c16-10-4-5-13(17-7-10)19-15(22)11-6-9-2-1-3-12(9)21-8-18-20-14(11)21/h4-8H,1-3H2,(H,17,19,22). The third kappa shape index (κ3) is 2.02. The van der Waals surface area contributed by atoms with E-state index < -0.39 is 5.82 Å². The molecule has 1 aliphatic rings. The Balaban J connectivity index is 1.74. The summed E-state index contributed by atoms with van der Waals surface area (Å²) in [6.45, 7) is 0. The van der Waals surface area contributed by atoms with Crippen molar-refractivity contribution < 1.29 is 9.18 Å². The molecule has 0 spiro atoms. The number of carbonyl (C=O) groups excluding carboxylic acids is 1. The van der Waals surface area contributed by atoms with Crippen LogP contribution < -0.4 is 5.32 Å². The summed E-state index contributed by atoms with van der Waals surface area (Å²) in [6.07, 6.45) is 5.66. The van der Waals surface area contributed by atoms with Crippen LogP contribution in [0.1, 0.15) is 28.0 Å². The second-order valence-corrected chi connectivity index (χ2v) is 5.22. The molecule has 0 fully saturated rings. The van der Waals surface area contributed by atoms with Gasteiger partial charge in [0.05, 0.1) is 11.8 Å². The molecule has 3 heterocycles. The molecule has 0 atom stereocenters. The van der Waals surface area contributed by atoms with Crippen LogP contribution in [0.4, 0.5) is 10.2 Å². The number of pyridine rings is 2. The summed E-state index contributed by atoms with van der Waals surface area (Å²) >= 11 is 0. The topological polar surface area (TPSA) is 72.2 Å². The Morgan fingerprint density at radius 3 is 3.05 bits per heavy atom. The fourth-order valence-corrected chi connectivity index (χ4v) is 2.84. The molecule has 110 valence electrons. The molecule has 0 aliphatic heterocycles. The van der Waals surface area contributed by atoms with Gasteiger partial charge in [-0.1, -0.05) is 0 Å². The first-order chi connectivity index (χ1) is 10.7. The van der Waals surface area contributed by atoms with E-state index in [1.165, 1.54) is 12.1 Å². The van der Waals surface area contributed by atoms with Crippen LogP contribution in [0.15, 0.2) is 30.7 Å². The van der Waals surface area contributed by atoms with Crippen molar-refractivity contribution >= 4 is 17.4 Å². The second kappa shape index (κ2) is 4.87. The number of nitrogens with zero attached hydrogens (tertiary/aromatic N) is 4. The predicted octanol–water partition coefficient (Wildman–Crippen LogP) is 2.00. The van der Waals surface area contributed by atoms with Gasteiger partial charge in [-0.05, 0) is 43.0 Å². The lowest BCUT2D eigenvalue weighted by Gasteiger charge is -2.09. The number of fused-ring (bicyclic) bond motifs is 3. The number of anilines is 1. The normalized spacial score (nSPS) is 13.3. The van der Waals surface area contributed by atoms with Gasteiger partial charge in [0, 0.05) is 5.69 Å². The number of aryl methyl sites for hydroxylation is 2. The molecule has 0 radical (unpaired) electrons. The number of aromatic nitrogens is 4. The van der Waals surface area contributed by atoms with Gasteiger partial charge >= 0.3 is 0 Å². The SMILES string of the molecule is O=C(Nc1ccc(F)cn1)c1cc2c(n3cnnc13)CCC2. The van der Waals surface area contributed by atoms with Crippen molar-refractivity contribution in [3.8, 4) is 0 Å². The van der Waals surface area contributed by atoms with E-state index in [-0.39, 0.29) is 5.91 Å². The Bertz CT molecular complexity index is 872. The van der Waals surface area contributed by atoms with E-state index in [9.17, 15) is 9.18 Å². The van der Waals surface area contributed by atoms with Crippen LogP contribution in [0.3, 0.4) is 0 Å². The van der Waals surface area contributed by atoms with Crippen LogP contribution >= 0.6 is 0 Å². The molecule has 6 nitrogen and oxygen atoms in total. The number of rotatable bonds is 2. The van der Waals surface area contributed by atoms with Crippen molar-refractivity contribution in [1.29, 1.82) is 0 Å². The van der Waals surface area contributed by atoms with Crippen LogP contribution in [-0.2, 0) is 12.8 Å². The summed E-state index contributed by atoms with van der Waals surface area (Å²) in [7, 11) is 0. The minimum Gasteiger partial charge on any atom is -0.306 e. The smallest absolute Gasteiger partial charge is 0.260 e. The number of carbonyl (C=O) groups is 1. The van der Waals surface area contributed by atoms with E-state index in [2.05, 4.69) is 20.5 Å². The summed E-state index contributed by atoms with van der Waals surface area (Å²) < 4.78 is 14.7. The maximum absolute atomic E-state index is 12.9. The number of hydrogen-bond donors (Lipinski definition) is 1. The van der Waals surface area contributed by atoms with Gasteiger partial charge in [0.2, 0.25) is 0 Å². The monoisotopic (exact) mass is 297 g/mol. The maximum Gasteiger partial charge on any atom is 0.260 e. The first kappa shape index (κ1) is 12.9. The van der Waals surface area contributed by atoms with E-state index in [0.717, 1.165) is 36.7 Å². The zero-order valence-electron chi connectivity index (χ0n) is 11.6. The summed E-state index contributed by atoms with van der Waals surface area (Å²) in [5.41, 5.74) is 3.28. The van der Waals surface area contributed by atoms with Gasteiger partial charge < -0.3 is 5.32 Å². The molecular weight excluding hydrogens is 285 g/mol. The predicted molar refractivity (Wildman–Crippen MR) is 77.2 cm³/mol. The zero-order chi connectivity index (χ0) is 15.1. The van der Waals surface area contributed by atoms with Crippen LogP contribution in [0.25, 0.3) is 5.65 Å². The van der Waals surface area contributed by atoms with Gasteiger partial charge in [0.25, 0.3) is 5.91 Å². The quantitative estimate of drug-likeness (QED) is 0.785. The highest BCUT2D eigenvalue weighted by Crippen LogP contribution is 2.25. The van der Waals surface area contributed by atoms with E-state index in [0.29, 0.717) is 17.0 Å². The molecule has 0 saturated carbocycles. The van der Waals surface area contributed by atoms with Crippen molar-refractivity contribution in [3.05, 3.63) is 53.4 Å². The first-order valence-electron chi connectivity index (χ1n) is 7.00. The molecule has 0 saturated heterocycles. The van der Waals surface area contributed by atoms with Gasteiger partial charge in [-0.2, -0.15) is 0 Å². The van der Waals surface area contributed by atoms with Crippen LogP contribution in [0.2, 0.25) is 0 Å². The van der Waals surface area contributed by atoms with Crippen molar-refractivity contribution in [2.45, 2.75) is 19.3 Å². The third-order valence-electron chi connectivity index (χ3n) is 3.84. The maximum atomic E-state index is 12.9. The highest BCUT2D eigenvalue weighted by atomic mass is 19.1. The van der Waals surface area contributed by atoms with Gasteiger partial charge in [0.1, 0.15) is 18.0 Å². The van der Waals surface area contributed by atoms with Crippen molar-refractivity contribution in [2.75, 3.05) is 5.32 Å². The van der Waals surface area contributed by atoms with E-state index in [1.807, 2.05) is 10.5 Å². The molecule has 0 bridgehead atoms. The molecular formula is C15H12FN5O. The molecule has 1 amide bonds. The van der Waals surface area contributed by atoms with E-state index >= 15 is 0 Å². The molecule has 7 heteroatoms. The highest BCUT2D eigenvalue weighted by Gasteiger charge is 2.21. The molecule has 0 aromatic carbocycles. The number of halogens is 1. The second-order valence-electron chi connectivity index (χ2n) is 5.22. The van der Waals surface area contributed by atoms with Crippen LogP contribution in [0.5, 0.6) is 0 Å². The Morgan fingerprint density at radius 1 is 1.32 bits per heavy atom. The summed E-state index contributed by atoms with van der Waals surface area (Å²) in [5.74, 6) is -0.480. The van der Waals surface area contributed by atoms with E-state index in [1.54, 1.807) is 6.33 Å². The Morgan fingerprint density at radius 2 is 2.23 bits per heavy atom. The first-order valence-corrected chi connectivity index (χ1v) is 7.00. The fraction of sp³-hybridized carbons (Fsp3) is 0.200. The number of nitrogens with one attached hydrogen (secondary N) is 1. The molecule has 22 heavy (non-hydrogen) atoms. The molecule has 3 aromatic heterocycles. The Hall–Kier alpha value is -2.83. The van der Waals surface area contributed by atoms with Gasteiger partial charge in [0.15, 0.2) is 5.65 Å². The van der Waals surface area contributed by atoms with E-state index in [4.69, 9.17) is 0 Å². The van der Waals surface area contributed by atoms with Crippen molar-refractivity contribution in [1.82, 2.24) is 19.6 Å². The zero-order valence-corrected chi connectivity index (χ0v) is 11.6. The largest absolute Gasteiger partial charge is 0.306 e. The molecule has 3 aromatic rings. The lowest BCUT2D eigenvalue weighted by molar-refractivity contribution is 0.102. The molecule has 1 aliphatic carbocycles. The molecule has 0 unspecified atom stereocenters. The van der Waals surface area contributed by atoms with Crippen molar-refractivity contribution in [3.63, 3.8) is 0 Å². The third-order valence-corrected chi connectivity index (χ3v) is 3.84. The van der Waals surface area contributed by atoms with Crippen molar-refractivity contribution in [2.24, 2.45) is 0 Å². The Labute approximate surface area is 125 Å². The van der Waals surface area contributed by atoms with Crippen LogP contribution in [0, 0.1) is 5.82 Å². The fourth-order valence-electron chi connectivity index (χ4n) is 2.84. The summed E-state index contributed by atoms with van der Waals surface area (Å²) in [4.78, 5) is 16.3. The average Bonchev–Trinajstić information content (AvgIpc) is 3.16. The molecule has 1 N–H and O–H groups in total. The van der Waals surface area contributed by atoms with Gasteiger partial charge in [-0.25, -0.2) is 9.37 Å². The number of amides is 1. The van der Waals surface area contributed by atoms with Gasteiger partial charge in [-0.3, -0.25) is 9.20 Å².